The van der Waals surface area contributed by atoms with Crippen molar-refractivity contribution in [2.24, 2.45) is 4.99 Å². The van der Waals surface area contributed by atoms with Crippen molar-refractivity contribution in [1.82, 2.24) is 20.8 Å². The zero-order valence-corrected chi connectivity index (χ0v) is 15.0. The normalized spacial score (nSPS) is 11.9. The molecule has 3 aromatic rings. The predicted octanol–water partition coefficient (Wildman–Crippen LogP) is 2.93. The fourth-order valence-corrected chi connectivity index (χ4v) is 2.82. The molecule has 0 amide bonds. The molecule has 6 heteroatoms. The van der Waals surface area contributed by atoms with E-state index in [0.29, 0.717) is 6.54 Å². The van der Waals surface area contributed by atoms with Gasteiger partial charge < -0.3 is 20.1 Å². The van der Waals surface area contributed by atoms with Gasteiger partial charge in [-0.25, -0.2) is 0 Å². The van der Waals surface area contributed by atoms with Crippen molar-refractivity contribution in [3.05, 3.63) is 53.0 Å². The van der Waals surface area contributed by atoms with Crippen LogP contribution < -0.4 is 10.6 Å². The number of aliphatic imine (C=N–C) groups is 1. The number of hydrogen-bond acceptors (Lipinski definition) is 3. The molecule has 0 bridgehead atoms. The maximum Gasteiger partial charge on any atom is 0.191 e. The molecule has 0 unspecified atom stereocenters. The Morgan fingerprint density at radius 1 is 1.28 bits per heavy atom. The Bertz CT molecular complexity index is 862. The number of fused-ring (bicyclic) bond motifs is 1. The van der Waals surface area contributed by atoms with E-state index in [0.717, 1.165) is 36.8 Å². The van der Waals surface area contributed by atoms with Crippen molar-refractivity contribution in [3.63, 3.8) is 0 Å². The van der Waals surface area contributed by atoms with Gasteiger partial charge in [0.25, 0.3) is 0 Å². The van der Waals surface area contributed by atoms with Crippen LogP contribution in [0.2, 0.25) is 0 Å². The Kier molecular flexibility index (Phi) is 5.38. The van der Waals surface area contributed by atoms with Gasteiger partial charge in [-0.3, -0.25) is 4.99 Å². The van der Waals surface area contributed by atoms with Crippen LogP contribution in [-0.2, 0) is 19.4 Å². The zero-order valence-electron chi connectivity index (χ0n) is 15.0. The second kappa shape index (κ2) is 7.88. The lowest BCUT2D eigenvalue weighted by molar-refractivity contribution is 0.374. The van der Waals surface area contributed by atoms with Crippen molar-refractivity contribution in [3.8, 4) is 0 Å². The molecule has 132 valence electrons. The van der Waals surface area contributed by atoms with Gasteiger partial charge in [-0.2, -0.15) is 0 Å². The maximum atomic E-state index is 5.27. The quantitative estimate of drug-likeness (QED) is 0.477. The summed E-state index contributed by atoms with van der Waals surface area (Å²) < 4.78 is 5.27. The summed E-state index contributed by atoms with van der Waals surface area (Å²) in [6, 6.07) is 8.47. The van der Waals surface area contributed by atoms with Crippen molar-refractivity contribution in [1.29, 1.82) is 0 Å². The molecular weight excluding hydrogens is 314 g/mol. The van der Waals surface area contributed by atoms with Crippen LogP contribution in [0.4, 0.5) is 0 Å². The Hall–Kier alpha value is -2.76. The lowest BCUT2D eigenvalue weighted by Gasteiger charge is -2.10. The standard InChI is InChI=1S/C19H25N5O/c1-4-15-10-16(25-24-15)12-23-19(20-3)21-8-7-14-11-22-18-9-13(2)5-6-17(14)18/h5-6,9-11,22H,4,7-8,12H2,1-3H3,(H2,20,21,23). The smallest absolute Gasteiger partial charge is 0.191 e. The molecule has 25 heavy (non-hydrogen) atoms. The summed E-state index contributed by atoms with van der Waals surface area (Å²) in [5, 5.41) is 11.9. The van der Waals surface area contributed by atoms with Crippen LogP contribution in [-0.4, -0.2) is 29.7 Å². The number of nitrogens with one attached hydrogen (secondary N) is 3. The topological polar surface area (TPSA) is 78.2 Å². The van der Waals surface area contributed by atoms with Crippen molar-refractivity contribution < 1.29 is 4.52 Å². The molecule has 0 saturated carbocycles. The van der Waals surface area contributed by atoms with E-state index in [1.807, 2.05) is 6.07 Å². The van der Waals surface area contributed by atoms with Crippen LogP contribution in [0.5, 0.6) is 0 Å². The van der Waals surface area contributed by atoms with E-state index in [9.17, 15) is 0 Å². The largest absolute Gasteiger partial charge is 0.361 e. The van der Waals surface area contributed by atoms with Crippen molar-refractivity contribution >= 4 is 16.9 Å². The molecule has 0 atom stereocenters. The highest BCUT2D eigenvalue weighted by Crippen LogP contribution is 2.19. The Balaban J connectivity index is 1.50. The van der Waals surface area contributed by atoms with Crippen molar-refractivity contribution in [2.75, 3.05) is 13.6 Å². The highest BCUT2D eigenvalue weighted by Gasteiger charge is 2.06. The van der Waals surface area contributed by atoms with Gasteiger partial charge in [0.15, 0.2) is 11.7 Å². The fraction of sp³-hybridized carbons (Fsp3) is 0.368. The Morgan fingerprint density at radius 2 is 2.16 bits per heavy atom. The molecule has 6 nitrogen and oxygen atoms in total. The lowest BCUT2D eigenvalue weighted by atomic mass is 10.1. The molecule has 3 N–H and O–H groups in total. The highest BCUT2D eigenvalue weighted by atomic mass is 16.5. The molecular formula is C19H25N5O. The van der Waals surface area contributed by atoms with Gasteiger partial charge in [-0.1, -0.05) is 24.2 Å². The Morgan fingerprint density at radius 3 is 2.92 bits per heavy atom. The third-order valence-corrected chi connectivity index (χ3v) is 4.23. The number of aromatic amines is 1. The molecule has 2 heterocycles. The summed E-state index contributed by atoms with van der Waals surface area (Å²) in [6.07, 6.45) is 3.88. The first-order valence-corrected chi connectivity index (χ1v) is 8.65. The van der Waals surface area contributed by atoms with Gasteiger partial charge in [-0.15, -0.1) is 0 Å². The molecule has 3 rings (SSSR count). The molecule has 0 aliphatic rings. The van der Waals surface area contributed by atoms with Gasteiger partial charge in [0.05, 0.1) is 12.2 Å². The predicted molar refractivity (Wildman–Crippen MR) is 101 cm³/mol. The fourth-order valence-electron chi connectivity index (χ4n) is 2.82. The summed E-state index contributed by atoms with van der Waals surface area (Å²) in [5.41, 5.74) is 4.73. The van der Waals surface area contributed by atoms with E-state index in [-0.39, 0.29) is 0 Å². The maximum absolute atomic E-state index is 5.27. The summed E-state index contributed by atoms with van der Waals surface area (Å²) >= 11 is 0. The number of guanidine groups is 1. The number of hydrogen-bond donors (Lipinski definition) is 3. The van der Waals surface area contributed by atoms with Gasteiger partial charge in [0, 0.05) is 36.8 Å². The van der Waals surface area contributed by atoms with Crippen LogP contribution in [0.3, 0.4) is 0 Å². The molecule has 0 spiro atoms. The number of H-pyrrole nitrogens is 1. The second-order valence-electron chi connectivity index (χ2n) is 6.10. The van der Waals surface area contributed by atoms with Crippen LogP contribution in [0, 0.1) is 6.92 Å². The molecule has 0 aliphatic carbocycles. The molecule has 0 fully saturated rings. The third kappa shape index (κ3) is 4.21. The molecule has 1 aromatic carbocycles. The third-order valence-electron chi connectivity index (χ3n) is 4.23. The first-order valence-electron chi connectivity index (χ1n) is 8.65. The van der Waals surface area contributed by atoms with Crippen LogP contribution >= 0.6 is 0 Å². The molecule has 0 aliphatic heterocycles. The van der Waals surface area contributed by atoms with E-state index in [4.69, 9.17) is 4.52 Å². The summed E-state index contributed by atoms with van der Waals surface area (Å²) in [7, 11) is 1.77. The van der Waals surface area contributed by atoms with E-state index >= 15 is 0 Å². The average Bonchev–Trinajstić information content (AvgIpc) is 3.24. The van der Waals surface area contributed by atoms with E-state index in [1.54, 1.807) is 7.05 Å². The first-order chi connectivity index (χ1) is 12.2. The van der Waals surface area contributed by atoms with Gasteiger partial charge in [-0.05, 0) is 37.0 Å². The first kappa shape index (κ1) is 17.1. The average molecular weight is 339 g/mol. The lowest BCUT2D eigenvalue weighted by Crippen LogP contribution is -2.37. The summed E-state index contributed by atoms with van der Waals surface area (Å²) in [5.74, 6) is 1.57. The SMILES string of the molecule is CCc1cc(CNC(=NC)NCCc2c[nH]c3cc(C)ccc23)on1. The molecule has 2 aromatic heterocycles. The van der Waals surface area contributed by atoms with Gasteiger partial charge in [0.2, 0.25) is 0 Å². The zero-order chi connectivity index (χ0) is 17.6. The Labute approximate surface area is 147 Å². The highest BCUT2D eigenvalue weighted by molar-refractivity contribution is 5.84. The minimum atomic E-state index is 0.568. The number of rotatable bonds is 6. The number of aromatic nitrogens is 2. The molecule has 0 saturated heterocycles. The number of nitrogens with zero attached hydrogens (tertiary/aromatic N) is 2. The molecule has 0 radical (unpaired) electrons. The van der Waals surface area contributed by atoms with E-state index in [1.165, 1.54) is 22.0 Å². The summed E-state index contributed by atoms with van der Waals surface area (Å²) in [4.78, 5) is 7.59. The van der Waals surface area contributed by atoms with Crippen LogP contribution in [0.15, 0.2) is 40.0 Å². The van der Waals surface area contributed by atoms with Crippen molar-refractivity contribution in [2.45, 2.75) is 33.2 Å². The second-order valence-corrected chi connectivity index (χ2v) is 6.10. The number of aryl methyl sites for hydroxylation is 2. The number of benzene rings is 1. The van der Waals surface area contributed by atoms with Crippen LogP contribution in [0.1, 0.15) is 29.5 Å². The van der Waals surface area contributed by atoms with Gasteiger partial charge >= 0.3 is 0 Å². The minimum absolute atomic E-state index is 0.568. The van der Waals surface area contributed by atoms with Crippen LogP contribution in [0.25, 0.3) is 10.9 Å². The summed E-state index contributed by atoms with van der Waals surface area (Å²) in [6.45, 7) is 5.53. The minimum Gasteiger partial charge on any atom is -0.361 e. The van der Waals surface area contributed by atoms with E-state index < -0.39 is 0 Å². The van der Waals surface area contributed by atoms with E-state index in [2.05, 4.69) is 64.0 Å². The van der Waals surface area contributed by atoms with Gasteiger partial charge in [0.1, 0.15) is 0 Å². The monoisotopic (exact) mass is 339 g/mol.